The molecule has 14 nitrogen and oxygen atoms in total. The second-order valence-electron chi connectivity index (χ2n) is 2.51. The summed E-state index contributed by atoms with van der Waals surface area (Å²) in [6.07, 6.45) is 2.34. The first kappa shape index (κ1) is 11.0. The van der Waals surface area contributed by atoms with Gasteiger partial charge in [0, 0.05) is 9.82 Å². The molecule has 0 unspecified atom stereocenters. The van der Waals surface area contributed by atoms with Crippen molar-refractivity contribution in [3.63, 3.8) is 0 Å². The van der Waals surface area contributed by atoms with Crippen LogP contribution in [0.5, 0.6) is 0 Å². The molecule has 0 aliphatic heterocycles. The van der Waals surface area contributed by atoms with Crippen molar-refractivity contribution in [1.29, 1.82) is 0 Å². The van der Waals surface area contributed by atoms with E-state index in [0.717, 1.165) is 9.35 Å². The third-order valence-electron chi connectivity index (χ3n) is 1.53. The Kier molecular flexibility index (Phi) is 3.07. The Bertz CT molecular complexity index is 601. The van der Waals surface area contributed by atoms with Crippen LogP contribution in [0.15, 0.2) is 33.3 Å². The van der Waals surface area contributed by atoms with Crippen molar-refractivity contribution in [3.8, 4) is 0 Å². The van der Waals surface area contributed by atoms with Crippen LogP contribution in [0.25, 0.3) is 20.9 Å². The lowest BCUT2D eigenvalue weighted by Crippen LogP contribution is -1.88. The van der Waals surface area contributed by atoms with Crippen LogP contribution in [0.3, 0.4) is 0 Å². The van der Waals surface area contributed by atoms with Gasteiger partial charge in [-0.15, -0.1) is 20.4 Å². The van der Waals surface area contributed by atoms with Crippen LogP contribution < -0.4 is 0 Å². The Morgan fingerprint density at radius 2 is 1.33 bits per heavy atom. The number of aromatic nitrogens is 6. The minimum absolute atomic E-state index is 0.0975. The largest absolute Gasteiger partial charge is 0.242 e. The zero-order valence-corrected chi connectivity index (χ0v) is 8.42. The van der Waals surface area contributed by atoms with Gasteiger partial charge >= 0.3 is 0 Å². The summed E-state index contributed by atoms with van der Waals surface area (Å²) >= 11 is 0. The second kappa shape index (κ2) is 5.02. The fourth-order valence-corrected chi connectivity index (χ4v) is 0.872. The van der Waals surface area contributed by atoms with Crippen molar-refractivity contribution in [3.05, 3.63) is 33.5 Å². The maximum absolute atomic E-state index is 8.25. The molecule has 14 heteroatoms. The van der Waals surface area contributed by atoms with Gasteiger partial charge in [-0.3, -0.25) is 0 Å². The normalized spacial score (nSPS) is 10.0. The first-order valence-corrected chi connectivity index (χ1v) is 4.17. The fourth-order valence-electron chi connectivity index (χ4n) is 0.872. The van der Waals surface area contributed by atoms with Crippen LogP contribution in [0.4, 0.5) is 11.9 Å². The molecule has 0 amide bonds. The van der Waals surface area contributed by atoms with Gasteiger partial charge in [0.1, 0.15) is 12.7 Å². The number of nitrogens with zero attached hydrogens (tertiary/aromatic N) is 14. The number of rotatable bonds is 4. The highest BCUT2D eigenvalue weighted by Gasteiger charge is 2.02. The van der Waals surface area contributed by atoms with Crippen LogP contribution in [-0.4, -0.2) is 29.7 Å². The molecular weight excluding hydrogens is 244 g/mol. The zero-order chi connectivity index (χ0) is 12.8. The lowest BCUT2D eigenvalue weighted by Gasteiger charge is -1.92. The van der Waals surface area contributed by atoms with E-state index in [1.807, 2.05) is 0 Å². The maximum atomic E-state index is 8.25. The van der Waals surface area contributed by atoms with E-state index in [9.17, 15) is 0 Å². The molecule has 0 N–H and O–H groups in total. The first-order chi connectivity index (χ1) is 8.85. The van der Waals surface area contributed by atoms with Gasteiger partial charge in [-0.25, -0.2) is 0 Å². The summed E-state index contributed by atoms with van der Waals surface area (Å²) in [6, 6.07) is 0. The van der Waals surface area contributed by atoms with E-state index in [1.165, 1.54) is 12.7 Å². The van der Waals surface area contributed by atoms with E-state index in [4.69, 9.17) is 11.1 Å². The Hall–Kier alpha value is -3.50. The predicted molar refractivity (Wildman–Crippen MR) is 53.3 cm³/mol. The molecule has 2 aromatic heterocycles. The molecule has 0 aromatic carbocycles. The lowest BCUT2D eigenvalue weighted by atomic mass is 11.1. The molecule has 0 radical (unpaired) electrons. The molecule has 0 saturated heterocycles. The number of hydrogen-bond acceptors (Lipinski definition) is 8. The highest BCUT2D eigenvalue weighted by atomic mass is 15.7. The van der Waals surface area contributed by atoms with E-state index < -0.39 is 0 Å². The molecule has 18 heavy (non-hydrogen) atoms. The van der Waals surface area contributed by atoms with E-state index in [1.54, 1.807) is 0 Å². The molecule has 0 atom stereocenters. The predicted octanol–water partition coefficient (Wildman–Crippen LogP) is 1.43. The van der Waals surface area contributed by atoms with Gasteiger partial charge in [0.25, 0.3) is 0 Å². The van der Waals surface area contributed by atoms with Crippen LogP contribution in [0, 0.1) is 0 Å². The van der Waals surface area contributed by atoms with Gasteiger partial charge in [-0.2, -0.15) is 9.35 Å². The van der Waals surface area contributed by atoms with Crippen LogP contribution >= 0.6 is 0 Å². The van der Waals surface area contributed by atoms with Gasteiger partial charge in [0.2, 0.25) is 11.9 Å². The molecule has 0 spiro atoms. The Balaban J connectivity index is 2.30. The van der Waals surface area contributed by atoms with Crippen molar-refractivity contribution in [1.82, 2.24) is 29.7 Å². The monoisotopic (exact) mass is 246 g/mol. The Morgan fingerprint density at radius 3 is 1.72 bits per heavy atom. The van der Waals surface area contributed by atoms with Gasteiger partial charge in [0.15, 0.2) is 0 Å². The van der Waals surface area contributed by atoms with Crippen LogP contribution in [0.2, 0.25) is 0 Å². The quantitative estimate of drug-likeness (QED) is 0.448. The van der Waals surface area contributed by atoms with Gasteiger partial charge in [-0.05, 0) is 31.7 Å². The minimum atomic E-state index is -0.0975. The summed E-state index contributed by atoms with van der Waals surface area (Å²) in [5, 5.41) is 27.6. The molecule has 0 saturated carbocycles. The SMILES string of the molecule is [N-]=[N+]=Nc1nncn1/N=N/n1cnnc1N=[N+]=[N-]. The summed E-state index contributed by atoms with van der Waals surface area (Å²) in [5.41, 5.74) is 16.5. The fraction of sp³-hybridized carbons (Fsp3) is 0. The standard InChI is InChI=1S/C4H2N14/c5-13-11-3-9-7-1-17(3)15-16-18-2-8-10-4(18)12-14-6/h1-2H/b16-15+. The number of hydrogen-bond donors (Lipinski definition) is 0. The van der Waals surface area contributed by atoms with Gasteiger partial charge in [-0.1, -0.05) is 0 Å². The molecule has 0 aliphatic rings. The third kappa shape index (κ3) is 2.19. The molecule has 2 aromatic rings. The van der Waals surface area contributed by atoms with Crippen molar-refractivity contribution >= 4 is 11.9 Å². The lowest BCUT2D eigenvalue weighted by molar-refractivity contribution is 0.686. The van der Waals surface area contributed by atoms with Crippen LogP contribution in [0.1, 0.15) is 0 Å². The molecule has 2 rings (SSSR count). The summed E-state index contributed by atoms with van der Waals surface area (Å²) in [7, 11) is 0. The zero-order valence-electron chi connectivity index (χ0n) is 8.42. The maximum Gasteiger partial charge on any atom is 0.242 e. The minimum Gasteiger partial charge on any atom is -0.178 e. The van der Waals surface area contributed by atoms with E-state index in [0.29, 0.717) is 0 Å². The summed E-state index contributed by atoms with van der Waals surface area (Å²) in [5.74, 6) is -0.195. The molecule has 0 bridgehead atoms. The Labute approximate surface area is 96.8 Å². The van der Waals surface area contributed by atoms with Gasteiger partial charge < -0.3 is 0 Å². The molecule has 2 heterocycles. The highest BCUT2D eigenvalue weighted by molar-refractivity contribution is 5.12. The van der Waals surface area contributed by atoms with E-state index >= 15 is 0 Å². The summed E-state index contributed by atoms with van der Waals surface area (Å²) in [4.78, 5) is 5.07. The average Bonchev–Trinajstić information content (AvgIpc) is 2.97. The summed E-state index contributed by atoms with van der Waals surface area (Å²) in [6.45, 7) is 0. The highest BCUT2D eigenvalue weighted by Crippen LogP contribution is 2.09. The topological polar surface area (TPSA) is 184 Å². The molecular formula is C4H2N14. The van der Waals surface area contributed by atoms with Crippen molar-refractivity contribution < 1.29 is 0 Å². The second-order valence-corrected chi connectivity index (χ2v) is 2.51. The average molecular weight is 246 g/mol. The number of azide groups is 2. The van der Waals surface area contributed by atoms with Crippen molar-refractivity contribution in [2.24, 2.45) is 20.7 Å². The first-order valence-electron chi connectivity index (χ1n) is 4.17. The molecule has 88 valence electrons. The van der Waals surface area contributed by atoms with E-state index in [2.05, 4.69) is 50.9 Å². The Morgan fingerprint density at radius 1 is 0.889 bits per heavy atom. The van der Waals surface area contributed by atoms with Crippen molar-refractivity contribution in [2.45, 2.75) is 0 Å². The molecule has 0 fully saturated rings. The molecule has 0 aliphatic carbocycles. The van der Waals surface area contributed by atoms with Gasteiger partial charge in [0.05, 0.1) is 0 Å². The summed E-state index contributed by atoms with van der Waals surface area (Å²) < 4.78 is 2.03. The van der Waals surface area contributed by atoms with E-state index in [-0.39, 0.29) is 11.9 Å². The van der Waals surface area contributed by atoms with Crippen LogP contribution in [-0.2, 0) is 0 Å². The third-order valence-corrected chi connectivity index (χ3v) is 1.53. The smallest absolute Gasteiger partial charge is 0.178 e. The van der Waals surface area contributed by atoms with Crippen molar-refractivity contribution in [2.75, 3.05) is 0 Å².